The van der Waals surface area contributed by atoms with Gasteiger partial charge in [-0.05, 0) is 37.5 Å². The van der Waals surface area contributed by atoms with Gasteiger partial charge in [0, 0.05) is 17.6 Å². The molecule has 4 nitrogen and oxygen atoms in total. The molecule has 1 aromatic rings. The molecule has 0 fully saturated rings. The SMILES string of the molecule is CNS(=O)(=O)NC(C)CCc1ccc(Br)cc1. The van der Waals surface area contributed by atoms with Crippen molar-refractivity contribution in [1.29, 1.82) is 0 Å². The van der Waals surface area contributed by atoms with Gasteiger partial charge in [0.1, 0.15) is 0 Å². The zero-order valence-electron chi connectivity index (χ0n) is 9.90. The molecule has 96 valence electrons. The molecule has 1 atom stereocenters. The van der Waals surface area contributed by atoms with Crippen LogP contribution in [0.15, 0.2) is 28.7 Å². The van der Waals surface area contributed by atoms with Gasteiger partial charge in [0.05, 0.1) is 0 Å². The van der Waals surface area contributed by atoms with E-state index in [9.17, 15) is 8.42 Å². The summed E-state index contributed by atoms with van der Waals surface area (Å²) in [6, 6.07) is 7.94. The van der Waals surface area contributed by atoms with E-state index in [2.05, 4.69) is 25.4 Å². The monoisotopic (exact) mass is 320 g/mol. The lowest BCUT2D eigenvalue weighted by atomic mass is 10.1. The van der Waals surface area contributed by atoms with Gasteiger partial charge in [-0.2, -0.15) is 13.1 Å². The van der Waals surface area contributed by atoms with Crippen LogP contribution in [-0.2, 0) is 16.6 Å². The summed E-state index contributed by atoms with van der Waals surface area (Å²) < 4.78 is 28.3. The van der Waals surface area contributed by atoms with Gasteiger partial charge in [0.15, 0.2) is 0 Å². The highest BCUT2D eigenvalue weighted by molar-refractivity contribution is 9.10. The Morgan fingerprint density at radius 3 is 2.41 bits per heavy atom. The van der Waals surface area contributed by atoms with Gasteiger partial charge >= 0.3 is 0 Å². The minimum Gasteiger partial charge on any atom is -0.205 e. The Morgan fingerprint density at radius 2 is 1.88 bits per heavy atom. The summed E-state index contributed by atoms with van der Waals surface area (Å²) in [5, 5.41) is 0. The van der Waals surface area contributed by atoms with Crippen molar-refractivity contribution in [2.45, 2.75) is 25.8 Å². The third kappa shape index (κ3) is 5.63. The van der Waals surface area contributed by atoms with E-state index in [4.69, 9.17) is 0 Å². The quantitative estimate of drug-likeness (QED) is 0.840. The van der Waals surface area contributed by atoms with Crippen LogP contribution >= 0.6 is 15.9 Å². The van der Waals surface area contributed by atoms with E-state index < -0.39 is 10.2 Å². The summed E-state index contributed by atoms with van der Waals surface area (Å²) >= 11 is 3.37. The van der Waals surface area contributed by atoms with Gasteiger partial charge in [-0.1, -0.05) is 28.1 Å². The molecule has 17 heavy (non-hydrogen) atoms. The van der Waals surface area contributed by atoms with Crippen LogP contribution < -0.4 is 9.44 Å². The average Bonchev–Trinajstić information content (AvgIpc) is 2.28. The Morgan fingerprint density at radius 1 is 1.29 bits per heavy atom. The Hall–Kier alpha value is -0.430. The van der Waals surface area contributed by atoms with E-state index in [0.717, 1.165) is 17.3 Å². The molecule has 0 heterocycles. The largest absolute Gasteiger partial charge is 0.276 e. The molecule has 0 spiro atoms. The molecular formula is C11H17BrN2O2S. The fourth-order valence-electron chi connectivity index (χ4n) is 1.42. The molecule has 0 amide bonds. The van der Waals surface area contributed by atoms with Crippen LogP contribution in [0.25, 0.3) is 0 Å². The summed E-state index contributed by atoms with van der Waals surface area (Å²) in [6.45, 7) is 1.85. The number of benzene rings is 1. The van der Waals surface area contributed by atoms with Crippen molar-refractivity contribution in [3.8, 4) is 0 Å². The normalized spacial score (nSPS) is 13.6. The lowest BCUT2D eigenvalue weighted by Gasteiger charge is -2.13. The second kappa shape index (κ2) is 6.49. The first-order valence-electron chi connectivity index (χ1n) is 5.38. The van der Waals surface area contributed by atoms with Crippen molar-refractivity contribution in [1.82, 2.24) is 9.44 Å². The number of halogens is 1. The topological polar surface area (TPSA) is 58.2 Å². The van der Waals surface area contributed by atoms with Crippen molar-refractivity contribution < 1.29 is 8.42 Å². The van der Waals surface area contributed by atoms with Crippen molar-refractivity contribution in [3.05, 3.63) is 34.3 Å². The maximum Gasteiger partial charge on any atom is 0.276 e. The number of aryl methyl sites for hydroxylation is 1. The van der Waals surface area contributed by atoms with Crippen molar-refractivity contribution >= 4 is 26.1 Å². The summed E-state index contributed by atoms with van der Waals surface area (Å²) in [5.41, 5.74) is 1.20. The van der Waals surface area contributed by atoms with E-state index in [1.165, 1.54) is 12.6 Å². The Labute approximate surface area is 111 Å². The molecule has 0 radical (unpaired) electrons. The van der Waals surface area contributed by atoms with Crippen LogP contribution in [-0.4, -0.2) is 21.5 Å². The van der Waals surface area contributed by atoms with Crippen molar-refractivity contribution in [2.24, 2.45) is 0 Å². The molecule has 1 rings (SSSR count). The Bertz CT molecular complexity index is 445. The first-order valence-corrected chi connectivity index (χ1v) is 7.66. The minimum atomic E-state index is -3.34. The molecule has 0 aliphatic rings. The first-order chi connectivity index (χ1) is 7.93. The average molecular weight is 321 g/mol. The summed E-state index contributed by atoms with van der Waals surface area (Å²) in [5.74, 6) is 0. The van der Waals surface area contributed by atoms with Gasteiger partial charge in [0.25, 0.3) is 10.2 Å². The number of nitrogens with one attached hydrogen (secondary N) is 2. The highest BCUT2D eigenvalue weighted by Gasteiger charge is 2.11. The zero-order chi connectivity index (χ0) is 12.9. The molecule has 0 saturated carbocycles. The van der Waals surface area contributed by atoms with Gasteiger partial charge in [0.2, 0.25) is 0 Å². The van der Waals surface area contributed by atoms with E-state index in [1.807, 2.05) is 31.2 Å². The maximum absolute atomic E-state index is 11.2. The molecule has 1 aromatic carbocycles. The predicted molar refractivity (Wildman–Crippen MR) is 73.0 cm³/mol. The van der Waals surface area contributed by atoms with Crippen LogP contribution in [0.2, 0.25) is 0 Å². The molecule has 2 N–H and O–H groups in total. The number of hydrogen-bond donors (Lipinski definition) is 2. The van der Waals surface area contributed by atoms with Crippen LogP contribution in [0, 0.1) is 0 Å². The molecule has 1 unspecified atom stereocenters. The Balaban J connectivity index is 2.43. The highest BCUT2D eigenvalue weighted by atomic mass is 79.9. The van der Waals surface area contributed by atoms with Crippen LogP contribution in [0.1, 0.15) is 18.9 Å². The predicted octanol–water partition coefficient (Wildman–Crippen LogP) is 1.82. The molecule has 0 saturated heterocycles. The first kappa shape index (κ1) is 14.6. The second-order valence-electron chi connectivity index (χ2n) is 3.89. The Kier molecular flexibility index (Phi) is 5.58. The van der Waals surface area contributed by atoms with E-state index in [1.54, 1.807) is 0 Å². The summed E-state index contributed by atoms with van der Waals surface area (Å²) in [4.78, 5) is 0. The lowest BCUT2D eigenvalue weighted by molar-refractivity contribution is 0.540. The fourth-order valence-corrected chi connectivity index (χ4v) is 2.45. The second-order valence-corrected chi connectivity index (χ2v) is 6.46. The molecule has 0 bridgehead atoms. The highest BCUT2D eigenvalue weighted by Crippen LogP contribution is 2.12. The third-order valence-electron chi connectivity index (χ3n) is 2.40. The number of rotatable bonds is 6. The van der Waals surface area contributed by atoms with E-state index in [-0.39, 0.29) is 6.04 Å². The van der Waals surface area contributed by atoms with Gasteiger partial charge in [-0.15, -0.1) is 0 Å². The fraction of sp³-hybridized carbons (Fsp3) is 0.455. The van der Waals surface area contributed by atoms with Gasteiger partial charge in [-0.25, -0.2) is 4.72 Å². The van der Waals surface area contributed by atoms with Crippen molar-refractivity contribution in [3.63, 3.8) is 0 Å². The minimum absolute atomic E-state index is 0.0869. The number of hydrogen-bond acceptors (Lipinski definition) is 2. The van der Waals surface area contributed by atoms with E-state index >= 15 is 0 Å². The molecule has 0 aliphatic heterocycles. The maximum atomic E-state index is 11.2. The molecule has 0 aromatic heterocycles. The van der Waals surface area contributed by atoms with Crippen molar-refractivity contribution in [2.75, 3.05) is 7.05 Å². The third-order valence-corrected chi connectivity index (χ3v) is 4.18. The summed E-state index contributed by atoms with van der Waals surface area (Å²) in [6.07, 6.45) is 1.61. The smallest absolute Gasteiger partial charge is 0.205 e. The zero-order valence-corrected chi connectivity index (χ0v) is 12.3. The van der Waals surface area contributed by atoms with Crippen LogP contribution in [0.3, 0.4) is 0 Å². The summed E-state index contributed by atoms with van der Waals surface area (Å²) in [7, 11) is -1.94. The van der Waals surface area contributed by atoms with Gasteiger partial charge < -0.3 is 0 Å². The lowest BCUT2D eigenvalue weighted by Crippen LogP contribution is -2.39. The molecular weight excluding hydrogens is 304 g/mol. The van der Waals surface area contributed by atoms with Gasteiger partial charge in [-0.3, -0.25) is 0 Å². The standard InChI is InChI=1S/C11H17BrN2O2S/c1-9(14-17(15,16)13-2)3-4-10-5-7-11(12)8-6-10/h5-9,13-14H,3-4H2,1-2H3. The van der Waals surface area contributed by atoms with E-state index in [0.29, 0.717) is 0 Å². The van der Waals surface area contributed by atoms with Crippen LogP contribution in [0.5, 0.6) is 0 Å². The van der Waals surface area contributed by atoms with Crippen LogP contribution in [0.4, 0.5) is 0 Å². The molecule has 6 heteroatoms. The molecule has 0 aliphatic carbocycles.